The lowest BCUT2D eigenvalue weighted by molar-refractivity contribution is -0.122. The van der Waals surface area contributed by atoms with Gasteiger partial charge in [0, 0.05) is 19.0 Å². The number of hydrogen-bond donors (Lipinski definition) is 2. The fraction of sp³-hybridized carbons (Fsp3) is 0.889. The van der Waals surface area contributed by atoms with E-state index in [1.165, 1.54) is 0 Å². The number of nitrogens with one attached hydrogen (secondary N) is 2. The second kappa shape index (κ2) is 4.94. The van der Waals surface area contributed by atoms with Gasteiger partial charge >= 0.3 is 0 Å². The third-order valence-electron chi connectivity index (χ3n) is 2.46. The zero-order valence-electron chi connectivity index (χ0n) is 9.12. The molecule has 0 heterocycles. The SMILES string of the molecule is C[C@H]1C[C@@H]1C(=O)NCCCNS(C)(=O)=O. The van der Waals surface area contributed by atoms with Gasteiger partial charge < -0.3 is 5.32 Å². The Kier molecular flexibility index (Phi) is 4.10. The maximum atomic E-state index is 11.3. The highest BCUT2D eigenvalue weighted by molar-refractivity contribution is 7.88. The highest BCUT2D eigenvalue weighted by atomic mass is 32.2. The number of amides is 1. The van der Waals surface area contributed by atoms with Gasteiger partial charge in [-0.1, -0.05) is 6.92 Å². The zero-order chi connectivity index (χ0) is 11.5. The van der Waals surface area contributed by atoms with Crippen LogP contribution in [0.4, 0.5) is 0 Å². The lowest BCUT2D eigenvalue weighted by Gasteiger charge is -2.04. The molecule has 0 aliphatic heterocycles. The van der Waals surface area contributed by atoms with Gasteiger partial charge in [0.25, 0.3) is 0 Å². The zero-order valence-corrected chi connectivity index (χ0v) is 9.93. The molecule has 15 heavy (non-hydrogen) atoms. The van der Waals surface area contributed by atoms with Crippen LogP contribution in [0.3, 0.4) is 0 Å². The average Bonchev–Trinajstić information content (AvgIpc) is 2.80. The van der Waals surface area contributed by atoms with Gasteiger partial charge in [-0.3, -0.25) is 4.79 Å². The van der Waals surface area contributed by atoms with E-state index in [2.05, 4.69) is 17.0 Å². The van der Waals surface area contributed by atoms with Crippen LogP contribution in [0.2, 0.25) is 0 Å². The van der Waals surface area contributed by atoms with Crippen molar-refractivity contribution in [3.05, 3.63) is 0 Å². The molecule has 0 radical (unpaired) electrons. The molecule has 0 bridgehead atoms. The molecular formula is C9H18N2O3S. The van der Waals surface area contributed by atoms with E-state index in [0.29, 0.717) is 25.4 Å². The smallest absolute Gasteiger partial charge is 0.223 e. The largest absolute Gasteiger partial charge is 0.356 e. The Morgan fingerprint density at radius 2 is 2.00 bits per heavy atom. The molecular weight excluding hydrogens is 216 g/mol. The summed E-state index contributed by atoms with van der Waals surface area (Å²) in [7, 11) is -3.10. The molecule has 0 spiro atoms. The molecule has 6 heteroatoms. The molecule has 0 aromatic rings. The number of carbonyl (C=O) groups excluding carboxylic acids is 1. The standard InChI is InChI=1S/C9H18N2O3S/c1-7-6-8(7)9(12)10-4-3-5-11-15(2,13)14/h7-8,11H,3-6H2,1-2H3,(H,10,12)/t7-,8-/m0/s1. The Hall–Kier alpha value is -0.620. The van der Waals surface area contributed by atoms with E-state index in [-0.39, 0.29) is 11.8 Å². The molecule has 1 rings (SSSR count). The first-order valence-corrected chi connectivity index (χ1v) is 7.01. The first kappa shape index (κ1) is 12.4. The molecule has 1 aliphatic carbocycles. The van der Waals surface area contributed by atoms with Gasteiger partial charge in [-0.15, -0.1) is 0 Å². The lowest BCUT2D eigenvalue weighted by atomic mass is 10.3. The molecule has 1 fully saturated rings. The van der Waals surface area contributed by atoms with Gasteiger partial charge in [-0.25, -0.2) is 13.1 Å². The summed E-state index contributed by atoms with van der Waals surface area (Å²) in [5.74, 6) is 0.800. The topological polar surface area (TPSA) is 75.3 Å². The Labute approximate surface area is 90.7 Å². The minimum atomic E-state index is -3.10. The summed E-state index contributed by atoms with van der Waals surface area (Å²) in [5.41, 5.74) is 0. The Balaban J connectivity index is 2.00. The van der Waals surface area contributed by atoms with Gasteiger partial charge in [0.2, 0.25) is 15.9 Å². The fourth-order valence-electron chi connectivity index (χ4n) is 1.38. The molecule has 1 aliphatic rings. The van der Waals surface area contributed by atoms with E-state index < -0.39 is 10.0 Å². The number of rotatable bonds is 6. The molecule has 2 atom stereocenters. The number of hydrogen-bond acceptors (Lipinski definition) is 3. The van der Waals surface area contributed by atoms with E-state index in [1.54, 1.807) is 0 Å². The van der Waals surface area contributed by atoms with Crippen molar-refractivity contribution in [3.8, 4) is 0 Å². The summed E-state index contributed by atoms with van der Waals surface area (Å²) >= 11 is 0. The van der Waals surface area contributed by atoms with Crippen LogP contribution in [0.25, 0.3) is 0 Å². The molecule has 0 unspecified atom stereocenters. The maximum Gasteiger partial charge on any atom is 0.223 e. The van der Waals surface area contributed by atoms with Crippen molar-refractivity contribution in [3.63, 3.8) is 0 Å². The van der Waals surface area contributed by atoms with Crippen LogP contribution in [0.5, 0.6) is 0 Å². The molecule has 1 saturated carbocycles. The van der Waals surface area contributed by atoms with Gasteiger partial charge in [0.05, 0.1) is 6.26 Å². The third kappa shape index (κ3) is 5.13. The van der Waals surface area contributed by atoms with Gasteiger partial charge in [0.1, 0.15) is 0 Å². The van der Waals surface area contributed by atoms with Crippen molar-refractivity contribution in [2.24, 2.45) is 11.8 Å². The molecule has 0 aromatic heterocycles. The molecule has 0 aromatic carbocycles. The lowest BCUT2D eigenvalue weighted by Crippen LogP contribution is -2.30. The van der Waals surface area contributed by atoms with Crippen molar-refractivity contribution in [2.45, 2.75) is 19.8 Å². The van der Waals surface area contributed by atoms with E-state index >= 15 is 0 Å². The quantitative estimate of drug-likeness (QED) is 0.619. The summed E-state index contributed by atoms with van der Waals surface area (Å²) in [6.07, 6.45) is 2.73. The summed E-state index contributed by atoms with van der Waals surface area (Å²) in [4.78, 5) is 11.3. The van der Waals surface area contributed by atoms with Gasteiger partial charge in [-0.05, 0) is 18.8 Å². The van der Waals surface area contributed by atoms with Crippen LogP contribution in [0, 0.1) is 11.8 Å². The van der Waals surface area contributed by atoms with Crippen molar-refractivity contribution in [1.29, 1.82) is 0 Å². The van der Waals surface area contributed by atoms with Crippen LogP contribution in [-0.4, -0.2) is 33.7 Å². The summed E-state index contributed by atoms with van der Waals surface area (Å²) in [5, 5.41) is 2.79. The van der Waals surface area contributed by atoms with Crippen LogP contribution in [0.15, 0.2) is 0 Å². The molecule has 0 saturated heterocycles. The third-order valence-corrected chi connectivity index (χ3v) is 3.19. The summed E-state index contributed by atoms with van der Waals surface area (Å²) in [6, 6.07) is 0. The Morgan fingerprint density at radius 1 is 1.40 bits per heavy atom. The maximum absolute atomic E-state index is 11.3. The van der Waals surface area contributed by atoms with E-state index in [9.17, 15) is 13.2 Å². The van der Waals surface area contributed by atoms with E-state index in [1.807, 2.05) is 0 Å². The predicted molar refractivity (Wildman–Crippen MR) is 57.7 cm³/mol. The predicted octanol–water partition coefficient (Wildman–Crippen LogP) is -0.302. The highest BCUT2D eigenvalue weighted by Crippen LogP contribution is 2.37. The van der Waals surface area contributed by atoms with Crippen LogP contribution >= 0.6 is 0 Å². The van der Waals surface area contributed by atoms with Crippen molar-refractivity contribution >= 4 is 15.9 Å². The first-order chi connectivity index (χ1) is 6.90. The van der Waals surface area contributed by atoms with Crippen molar-refractivity contribution < 1.29 is 13.2 Å². The fourth-order valence-corrected chi connectivity index (χ4v) is 1.89. The van der Waals surface area contributed by atoms with Crippen molar-refractivity contribution in [2.75, 3.05) is 19.3 Å². The summed E-state index contributed by atoms with van der Waals surface area (Å²) < 4.78 is 23.8. The van der Waals surface area contributed by atoms with Crippen molar-refractivity contribution in [1.82, 2.24) is 10.0 Å². The van der Waals surface area contributed by atoms with E-state index in [4.69, 9.17) is 0 Å². The number of carbonyl (C=O) groups is 1. The molecule has 88 valence electrons. The van der Waals surface area contributed by atoms with Crippen LogP contribution in [0.1, 0.15) is 19.8 Å². The second-order valence-corrected chi connectivity index (χ2v) is 5.96. The molecule has 5 nitrogen and oxygen atoms in total. The normalized spacial score (nSPS) is 24.9. The highest BCUT2D eigenvalue weighted by Gasteiger charge is 2.38. The van der Waals surface area contributed by atoms with Gasteiger partial charge in [-0.2, -0.15) is 0 Å². The molecule has 2 N–H and O–H groups in total. The minimum absolute atomic E-state index is 0.0989. The first-order valence-electron chi connectivity index (χ1n) is 5.12. The average molecular weight is 234 g/mol. The van der Waals surface area contributed by atoms with Gasteiger partial charge in [0.15, 0.2) is 0 Å². The minimum Gasteiger partial charge on any atom is -0.356 e. The monoisotopic (exact) mass is 234 g/mol. The number of sulfonamides is 1. The second-order valence-electron chi connectivity index (χ2n) is 4.13. The molecule has 1 amide bonds. The van der Waals surface area contributed by atoms with Crippen LogP contribution < -0.4 is 10.0 Å². The van der Waals surface area contributed by atoms with E-state index in [0.717, 1.165) is 12.7 Å². The summed E-state index contributed by atoms with van der Waals surface area (Å²) in [6.45, 7) is 2.96. The Bertz CT molecular complexity index is 326. The Morgan fingerprint density at radius 3 is 2.47 bits per heavy atom. The van der Waals surface area contributed by atoms with Crippen LogP contribution in [-0.2, 0) is 14.8 Å².